The van der Waals surface area contributed by atoms with Crippen molar-refractivity contribution >= 4 is 23.4 Å². The molecule has 1 aliphatic rings. The monoisotopic (exact) mass is 279 g/mol. The van der Waals surface area contributed by atoms with Crippen molar-refractivity contribution < 1.29 is 19.6 Å². The van der Waals surface area contributed by atoms with Crippen LogP contribution in [0.15, 0.2) is 24.3 Å². The summed E-state index contributed by atoms with van der Waals surface area (Å²) in [5.41, 5.74) is 0.124. The molecule has 1 aromatic rings. The molecule has 1 fully saturated rings. The van der Waals surface area contributed by atoms with Crippen molar-refractivity contribution in [3.63, 3.8) is 0 Å². The van der Waals surface area contributed by atoms with Gasteiger partial charge < -0.3 is 15.3 Å². The van der Waals surface area contributed by atoms with Crippen molar-refractivity contribution in [2.24, 2.45) is 0 Å². The summed E-state index contributed by atoms with van der Waals surface area (Å²) in [5, 5.41) is 22.1. The van der Waals surface area contributed by atoms with Crippen LogP contribution in [0, 0.1) is 10.1 Å². The van der Waals surface area contributed by atoms with E-state index in [9.17, 15) is 19.7 Å². The molecule has 8 nitrogen and oxygen atoms in total. The third-order valence-electron chi connectivity index (χ3n) is 3.11. The van der Waals surface area contributed by atoms with Crippen LogP contribution >= 0.6 is 0 Å². The van der Waals surface area contributed by atoms with E-state index in [1.165, 1.54) is 29.2 Å². The number of amides is 2. The van der Waals surface area contributed by atoms with Crippen molar-refractivity contribution in [3.05, 3.63) is 34.4 Å². The molecular formula is C12H13N3O5. The molecule has 0 bridgehead atoms. The molecule has 1 heterocycles. The van der Waals surface area contributed by atoms with Gasteiger partial charge in [-0.25, -0.2) is 9.59 Å². The molecule has 1 aliphatic heterocycles. The van der Waals surface area contributed by atoms with Gasteiger partial charge in [0.15, 0.2) is 0 Å². The zero-order valence-electron chi connectivity index (χ0n) is 10.5. The molecule has 1 saturated heterocycles. The number of urea groups is 1. The van der Waals surface area contributed by atoms with E-state index in [1.54, 1.807) is 0 Å². The van der Waals surface area contributed by atoms with Crippen LogP contribution in [-0.2, 0) is 4.79 Å². The Labute approximate surface area is 114 Å². The lowest BCUT2D eigenvalue weighted by molar-refractivity contribution is -0.384. The van der Waals surface area contributed by atoms with Crippen LogP contribution in [0.1, 0.15) is 12.8 Å². The zero-order valence-corrected chi connectivity index (χ0v) is 10.5. The van der Waals surface area contributed by atoms with Gasteiger partial charge in [0.2, 0.25) is 0 Å². The standard InChI is InChI=1S/C12H13N3O5/c16-11(17)10-5-2-6-14(10)12(18)13-8-3-1-4-9(7-8)15(19)20/h1,3-4,7,10H,2,5-6H2,(H,13,18)(H,16,17)/t10-/m0/s1. The number of nitrogens with one attached hydrogen (secondary N) is 1. The largest absolute Gasteiger partial charge is 0.480 e. The lowest BCUT2D eigenvalue weighted by Crippen LogP contribution is -2.42. The summed E-state index contributed by atoms with van der Waals surface area (Å²) in [5.74, 6) is -1.04. The number of non-ortho nitro benzene ring substituents is 1. The molecule has 0 aromatic heterocycles. The topological polar surface area (TPSA) is 113 Å². The van der Waals surface area contributed by atoms with Gasteiger partial charge in [0, 0.05) is 24.4 Å². The number of nitrogens with zero attached hydrogens (tertiary/aromatic N) is 2. The van der Waals surface area contributed by atoms with Gasteiger partial charge in [-0.1, -0.05) is 6.07 Å². The van der Waals surface area contributed by atoms with Crippen LogP contribution in [0.3, 0.4) is 0 Å². The first-order valence-corrected chi connectivity index (χ1v) is 6.04. The second-order valence-electron chi connectivity index (χ2n) is 4.43. The first kappa shape index (κ1) is 13.8. The maximum absolute atomic E-state index is 12.0. The van der Waals surface area contributed by atoms with Gasteiger partial charge in [-0.05, 0) is 18.9 Å². The van der Waals surface area contributed by atoms with E-state index in [0.29, 0.717) is 19.4 Å². The predicted octanol–water partition coefficient (Wildman–Crippen LogP) is 1.68. The van der Waals surface area contributed by atoms with Crippen LogP contribution in [0.4, 0.5) is 16.2 Å². The Hall–Kier alpha value is -2.64. The van der Waals surface area contributed by atoms with E-state index >= 15 is 0 Å². The van der Waals surface area contributed by atoms with Crippen molar-refractivity contribution in [2.45, 2.75) is 18.9 Å². The zero-order chi connectivity index (χ0) is 14.7. The summed E-state index contributed by atoms with van der Waals surface area (Å²) in [6.45, 7) is 0.359. The Morgan fingerprint density at radius 1 is 1.45 bits per heavy atom. The van der Waals surface area contributed by atoms with E-state index in [-0.39, 0.29) is 11.4 Å². The highest BCUT2D eigenvalue weighted by Gasteiger charge is 2.34. The number of nitro benzene ring substituents is 1. The van der Waals surface area contributed by atoms with Crippen LogP contribution < -0.4 is 5.32 Å². The molecule has 0 saturated carbocycles. The Kier molecular flexibility index (Phi) is 3.83. The summed E-state index contributed by atoms with van der Waals surface area (Å²) in [6, 6.07) is 4.10. The fourth-order valence-corrected chi connectivity index (χ4v) is 2.16. The summed E-state index contributed by atoms with van der Waals surface area (Å²) in [4.78, 5) is 34.3. The molecule has 20 heavy (non-hydrogen) atoms. The number of nitro groups is 1. The Balaban J connectivity index is 2.09. The highest BCUT2D eigenvalue weighted by Crippen LogP contribution is 2.21. The molecule has 1 atom stereocenters. The van der Waals surface area contributed by atoms with E-state index in [0.717, 1.165) is 0 Å². The number of carboxylic acids is 1. The molecule has 106 valence electrons. The summed E-state index contributed by atoms with van der Waals surface area (Å²) >= 11 is 0. The first-order chi connectivity index (χ1) is 9.49. The number of rotatable bonds is 3. The molecule has 0 aliphatic carbocycles. The molecule has 2 N–H and O–H groups in total. The maximum Gasteiger partial charge on any atom is 0.326 e. The number of benzene rings is 1. The number of hydrogen-bond donors (Lipinski definition) is 2. The number of carbonyl (C=O) groups excluding carboxylic acids is 1. The molecule has 0 unspecified atom stereocenters. The molecule has 1 aromatic carbocycles. The lowest BCUT2D eigenvalue weighted by atomic mass is 10.2. The molecule has 8 heteroatoms. The maximum atomic E-state index is 12.0. The van der Waals surface area contributed by atoms with Crippen molar-refractivity contribution in [1.29, 1.82) is 0 Å². The highest BCUT2D eigenvalue weighted by molar-refractivity contribution is 5.92. The smallest absolute Gasteiger partial charge is 0.326 e. The normalized spacial score (nSPS) is 17.8. The van der Waals surface area contributed by atoms with Crippen LogP contribution in [0.5, 0.6) is 0 Å². The molecule has 0 radical (unpaired) electrons. The Bertz CT molecular complexity index is 560. The van der Waals surface area contributed by atoms with E-state index in [2.05, 4.69) is 5.32 Å². The quantitative estimate of drug-likeness (QED) is 0.645. The fraction of sp³-hybridized carbons (Fsp3) is 0.333. The molecule has 0 spiro atoms. The number of hydrogen-bond acceptors (Lipinski definition) is 4. The van der Waals surface area contributed by atoms with Crippen molar-refractivity contribution in [3.8, 4) is 0 Å². The van der Waals surface area contributed by atoms with Gasteiger partial charge in [0.05, 0.1) is 4.92 Å². The second-order valence-corrected chi connectivity index (χ2v) is 4.43. The van der Waals surface area contributed by atoms with Gasteiger partial charge >= 0.3 is 12.0 Å². The summed E-state index contributed by atoms with van der Waals surface area (Å²) < 4.78 is 0. The number of likely N-dealkylation sites (tertiary alicyclic amines) is 1. The average Bonchev–Trinajstić information content (AvgIpc) is 2.88. The van der Waals surface area contributed by atoms with E-state index < -0.39 is 23.0 Å². The number of carbonyl (C=O) groups is 2. The lowest BCUT2D eigenvalue weighted by Gasteiger charge is -2.21. The summed E-state index contributed by atoms with van der Waals surface area (Å²) in [6.07, 6.45) is 1.04. The van der Waals surface area contributed by atoms with Gasteiger partial charge in [-0.2, -0.15) is 0 Å². The minimum Gasteiger partial charge on any atom is -0.480 e. The van der Waals surface area contributed by atoms with Gasteiger partial charge in [0.1, 0.15) is 6.04 Å². The molecular weight excluding hydrogens is 266 g/mol. The minimum atomic E-state index is -1.04. The number of anilines is 1. The second kappa shape index (κ2) is 5.55. The van der Waals surface area contributed by atoms with Crippen LogP contribution in [-0.4, -0.2) is 39.5 Å². The van der Waals surface area contributed by atoms with Gasteiger partial charge in [-0.3, -0.25) is 10.1 Å². The minimum absolute atomic E-state index is 0.140. The van der Waals surface area contributed by atoms with Gasteiger partial charge in [-0.15, -0.1) is 0 Å². The van der Waals surface area contributed by atoms with E-state index in [1.807, 2.05) is 0 Å². The predicted molar refractivity (Wildman–Crippen MR) is 69.5 cm³/mol. The Morgan fingerprint density at radius 3 is 2.85 bits per heavy atom. The van der Waals surface area contributed by atoms with Crippen LogP contribution in [0.2, 0.25) is 0 Å². The van der Waals surface area contributed by atoms with Crippen molar-refractivity contribution in [2.75, 3.05) is 11.9 Å². The molecule has 2 amide bonds. The van der Waals surface area contributed by atoms with Crippen LogP contribution in [0.25, 0.3) is 0 Å². The average molecular weight is 279 g/mol. The molecule has 2 rings (SSSR count). The third-order valence-corrected chi connectivity index (χ3v) is 3.11. The highest BCUT2D eigenvalue weighted by atomic mass is 16.6. The summed E-state index contributed by atoms with van der Waals surface area (Å²) in [7, 11) is 0. The SMILES string of the molecule is O=C(O)[C@@H]1CCCN1C(=O)Nc1cccc([N+](=O)[O-])c1. The van der Waals surface area contributed by atoms with Gasteiger partial charge in [0.25, 0.3) is 5.69 Å². The van der Waals surface area contributed by atoms with Crippen molar-refractivity contribution in [1.82, 2.24) is 4.90 Å². The number of carboxylic acid groups (broad SMARTS) is 1. The third kappa shape index (κ3) is 2.85. The van der Waals surface area contributed by atoms with E-state index in [4.69, 9.17) is 5.11 Å². The number of aliphatic carboxylic acids is 1. The Morgan fingerprint density at radius 2 is 2.20 bits per heavy atom. The fourth-order valence-electron chi connectivity index (χ4n) is 2.16. The first-order valence-electron chi connectivity index (χ1n) is 6.04.